The molecular formula is C24H27NO5. The number of nitrogens with one attached hydrogen (secondary N) is 1. The van der Waals surface area contributed by atoms with Gasteiger partial charge in [0.15, 0.2) is 6.61 Å². The second-order valence-corrected chi connectivity index (χ2v) is 7.21. The summed E-state index contributed by atoms with van der Waals surface area (Å²) >= 11 is 0. The van der Waals surface area contributed by atoms with E-state index in [1.54, 1.807) is 30.3 Å². The second kappa shape index (κ2) is 11.6. The van der Waals surface area contributed by atoms with Crippen molar-refractivity contribution in [3.05, 3.63) is 77.4 Å². The Bertz CT molecular complexity index is 872. The number of esters is 2. The number of amides is 1. The summed E-state index contributed by atoms with van der Waals surface area (Å²) in [4.78, 5) is 35.6. The quantitative estimate of drug-likeness (QED) is 0.501. The van der Waals surface area contributed by atoms with Crippen LogP contribution in [0.5, 0.6) is 0 Å². The molecule has 0 heterocycles. The minimum Gasteiger partial charge on any atom is -0.465 e. The van der Waals surface area contributed by atoms with Crippen LogP contribution in [0.4, 0.5) is 0 Å². The van der Waals surface area contributed by atoms with E-state index in [9.17, 15) is 14.4 Å². The number of ether oxygens (including phenoxy) is 2. The molecule has 158 valence electrons. The van der Waals surface area contributed by atoms with Crippen molar-refractivity contribution in [3.63, 3.8) is 0 Å². The Morgan fingerprint density at radius 1 is 1.00 bits per heavy atom. The summed E-state index contributed by atoms with van der Waals surface area (Å²) < 4.78 is 9.67. The average Bonchev–Trinajstić information content (AvgIpc) is 2.76. The smallest absolute Gasteiger partial charge is 0.337 e. The molecule has 30 heavy (non-hydrogen) atoms. The van der Waals surface area contributed by atoms with Crippen molar-refractivity contribution in [3.8, 4) is 0 Å². The predicted octanol–water partition coefficient (Wildman–Crippen LogP) is 3.93. The largest absolute Gasteiger partial charge is 0.465 e. The van der Waals surface area contributed by atoms with Crippen LogP contribution in [0, 0.1) is 5.92 Å². The van der Waals surface area contributed by atoms with Crippen LogP contribution in [-0.2, 0) is 19.1 Å². The van der Waals surface area contributed by atoms with Crippen LogP contribution in [0.25, 0.3) is 6.08 Å². The summed E-state index contributed by atoms with van der Waals surface area (Å²) in [6.45, 7) is 3.82. The topological polar surface area (TPSA) is 81.7 Å². The van der Waals surface area contributed by atoms with E-state index < -0.39 is 11.9 Å². The molecule has 1 N–H and O–H groups in total. The fourth-order valence-corrected chi connectivity index (χ4v) is 2.87. The second-order valence-electron chi connectivity index (χ2n) is 7.21. The van der Waals surface area contributed by atoms with Gasteiger partial charge in [0.2, 0.25) is 0 Å². The van der Waals surface area contributed by atoms with E-state index in [1.165, 1.54) is 13.2 Å². The third-order valence-corrected chi connectivity index (χ3v) is 4.33. The molecule has 0 spiro atoms. The van der Waals surface area contributed by atoms with E-state index in [0.717, 1.165) is 12.0 Å². The SMILES string of the molecule is COC(=O)c1ccc(/C=C/C(=O)OCC(=O)N[C@@H](CC(C)C)c2ccccc2)cc1. The van der Waals surface area contributed by atoms with Gasteiger partial charge >= 0.3 is 11.9 Å². The third-order valence-electron chi connectivity index (χ3n) is 4.33. The van der Waals surface area contributed by atoms with Crippen LogP contribution in [0.1, 0.15) is 47.8 Å². The number of carbonyl (C=O) groups excluding carboxylic acids is 3. The Kier molecular flexibility index (Phi) is 8.81. The van der Waals surface area contributed by atoms with Gasteiger partial charge in [-0.3, -0.25) is 4.79 Å². The van der Waals surface area contributed by atoms with Crippen molar-refractivity contribution in [1.29, 1.82) is 0 Å². The van der Waals surface area contributed by atoms with Crippen LogP contribution in [0.15, 0.2) is 60.7 Å². The molecule has 1 amide bonds. The summed E-state index contributed by atoms with van der Waals surface area (Å²) in [6.07, 6.45) is 3.57. The highest BCUT2D eigenvalue weighted by atomic mass is 16.5. The Morgan fingerprint density at radius 3 is 2.27 bits per heavy atom. The van der Waals surface area contributed by atoms with Crippen LogP contribution in [0.3, 0.4) is 0 Å². The third kappa shape index (κ3) is 7.54. The number of benzene rings is 2. The van der Waals surface area contributed by atoms with Gasteiger partial charge in [0.1, 0.15) is 0 Å². The lowest BCUT2D eigenvalue weighted by atomic mass is 9.97. The molecule has 2 aromatic rings. The monoisotopic (exact) mass is 409 g/mol. The fraction of sp³-hybridized carbons (Fsp3) is 0.292. The molecular weight excluding hydrogens is 382 g/mol. The fourth-order valence-electron chi connectivity index (χ4n) is 2.87. The summed E-state index contributed by atoms with van der Waals surface area (Å²) in [5.74, 6) is -1.01. The Balaban J connectivity index is 1.86. The zero-order chi connectivity index (χ0) is 21.9. The highest BCUT2D eigenvalue weighted by molar-refractivity contribution is 5.91. The molecule has 0 aliphatic carbocycles. The first-order valence-corrected chi connectivity index (χ1v) is 9.76. The molecule has 1 atom stereocenters. The van der Waals surface area contributed by atoms with Crippen molar-refractivity contribution >= 4 is 23.9 Å². The van der Waals surface area contributed by atoms with Gasteiger partial charge in [0.25, 0.3) is 5.91 Å². The molecule has 2 aromatic carbocycles. The van der Waals surface area contributed by atoms with E-state index >= 15 is 0 Å². The van der Waals surface area contributed by atoms with Crippen molar-refractivity contribution in [2.75, 3.05) is 13.7 Å². The molecule has 0 saturated heterocycles. The maximum absolute atomic E-state index is 12.3. The lowest BCUT2D eigenvalue weighted by molar-refractivity contribution is -0.144. The Morgan fingerprint density at radius 2 is 1.67 bits per heavy atom. The van der Waals surface area contributed by atoms with E-state index in [4.69, 9.17) is 4.74 Å². The van der Waals surface area contributed by atoms with Crippen LogP contribution >= 0.6 is 0 Å². The maximum Gasteiger partial charge on any atom is 0.337 e. The van der Waals surface area contributed by atoms with E-state index in [0.29, 0.717) is 17.0 Å². The van der Waals surface area contributed by atoms with Gasteiger partial charge < -0.3 is 14.8 Å². The van der Waals surface area contributed by atoms with Crippen molar-refractivity contribution in [2.45, 2.75) is 26.3 Å². The summed E-state index contributed by atoms with van der Waals surface area (Å²) in [6, 6.07) is 16.1. The average molecular weight is 409 g/mol. The molecule has 6 heteroatoms. The molecule has 6 nitrogen and oxygen atoms in total. The minimum absolute atomic E-state index is 0.138. The Hall–Kier alpha value is -3.41. The zero-order valence-corrected chi connectivity index (χ0v) is 17.5. The van der Waals surface area contributed by atoms with E-state index in [-0.39, 0.29) is 18.6 Å². The van der Waals surface area contributed by atoms with Gasteiger partial charge in [0.05, 0.1) is 18.7 Å². The number of carbonyl (C=O) groups is 3. The van der Waals surface area contributed by atoms with Crippen LogP contribution < -0.4 is 5.32 Å². The highest BCUT2D eigenvalue weighted by Gasteiger charge is 2.16. The van der Waals surface area contributed by atoms with Crippen molar-refractivity contribution in [1.82, 2.24) is 5.32 Å². The van der Waals surface area contributed by atoms with Crippen LogP contribution in [-0.4, -0.2) is 31.6 Å². The van der Waals surface area contributed by atoms with E-state index in [2.05, 4.69) is 23.9 Å². The zero-order valence-electron chi connectivity index (χ0n) is 17.5. The molecule has 0 aliphatic rings. The van der Waals surface area contributed by atoms with E-state index in [1.807, 2.05) is 30.3 Å². The first-order valence-electron chi connectivity index (χ1n) is 9.76. The molecule has 0 unspecified atom stereocenters. The first kappa shape index (κ1) is 22.9. The summed E-state index contributed by atoms with van der Waals surface area (Å²) in [7, 11) is 1.31. The van der Waals surface area contributed by atoms with Gasteiger partial charge in [-0.05, 0) is 41.7 Å². The number of rotatable bonds is 9. The standard InChI is InChI=1S/C24H27NO5/c1-17(2)15-21(19-7-5-4-6-8-19)25-22(26)16-30-23(27)14-11-18-9-12-20(13-10-18)24(28)29-3/h4-14,17,21H,15-16H2,1-3H3,(H,25,26)/b14-11+/t21-/m0/s1. The molecule has 0 aromatic heterocycles. The molecule has 0 fully saturated rings. The number of hydrogen-bond donors (Lipinski definition) is 1. The molecule has 0 saturated carbocycles. The number of hydrogen-bond acceptors (Lipinski definition) is 5. The van der Waals surface area contributed by atoms with Gasteiger partial charge in [-0.2, -0.15) is 0 Å². The summed E-state index contributed by atoms with van der Waals surface area (Å²) in [5.41, 5.74) is 2.15. The highest BCUT2D eigenvalue weighted by Crippen LogP contribution is 2.20. The van der Waals surface area contributed by atoms with Crippen LogP contribution in [0.2, 0.25) is 0 Å². The molecule has 2 rings (SSSR count). The normalized spacial score (nSPS) is 11.9. The van der Waals surface area contributed by atoms with Gasteiger partial charge in [-0.1, -0.05) is 56.3 Å². The van der Waals surface area contributed by atoms with Gasteiger partial charge in [-0.15, -0.1) is 0 Å². The maximum atomic E-state index is 12.3. The summed E-state index contributed by atoms with van der Waals surface area (Å²) in [5, 5.41) is 2.93. The van der Waals surface area contributed by atoms with Crippen molar-refractivity contribution in [2.24, 2.45) is 5.92 Å². The Labute approximate surface area is 176 Å². The van der Waals surface area contributed by atoms with Gasteiger partial charge in [-0.25, -0.2) is 9.59 Å². The molecule has 0 aliphatic heterocycles. The molecule has 0 bridgehead atoms. The number of methoxy groups -OCH3 is 1. The van der Waals surface area contributed by atoms with Crippen molar-refractivity contribution < 1.29 is 23.9 Å². The van der Waals surface area contributed by atoms with Gasteiger partial charge in [0, 0.05) is 6.08 Å². The lowest BCUT2D eigenvalue weighted by Crippen LogP contribution is -2.33. The predicted molar refractivity (Wildman–Crippen MR) is 115 cm³/mol. The molecule has 0 radical (unpaired) electrons. The lowest BCUT2D eigenvalue weighted by Gasteiger charge is -2.21. The minimum atomic E-state index is -0.623. The first-order chi connectivity index (χ1) is 14.4.